The first kappa shape index (κ1) is 25.6. The number of amides is 2. The number of hydrogen-bond donors (Lipinski definition) is 2. The van der Waals surface area contributed by atoms with Crippen LogP contribution in [0, 0.1) is 6.92 Å². The Morgan fingerprint density at radius 3 is 2.71 bits per heavy atom. The highest BCUT2D eigenvalue weighted by Gasteiger charge is 2.34. The van der Waals surface area contributed by atoms with Gasteiger partial charge >= 0.3 is 0 Å². The second-order valence-electron chi connectivity index (χ2n) is 9.05. The number of phenols is 1. The van der Waals surface area contributed by atoms with Crippen molar-refractivity contribution < 1.29 is 19.4 Å². The van der Waals surface area contributed by atoms with E-state index in [2.05, 4.69) is 20.7 Å². The van der Waals surface area contributed by atoms with Gasteiger partial charge in [0, 0.05) is 18.8 Å². The van der Waals surface area contributed by atoms with Crippen LogP contribution in [0.1, 0.15) is 30.0 Å². The van der Waals surface area contributed by atoms with Crippen molar-refractivity contribution in [2.75, 3.05) is 18.1 Å². The summed E-state index contributed by atoms with van der Waals surface area (Å²) in [6.45, 7) is 2.68. The van der Waals surface area contributed by atoms with E-state index in [1.165, 1.54) is 33.2 Å². The van der Waals surface area contributed by atoms with Gasteiger partial charge in [0.15, 0.2) is 0 Å². The Kier molecular flexibility index (Phi) is 7.75. The van der Waals surface area contributed by atoms with E-state index in [0.29, 0.717) is 30.2 Å². The number of rotatable bonds is 9. The summed E-state index contributed by atoms with van der Waals surface area (Å²) in [6, 6.07) is 16.5. The van der Waals surface area contributed by atoms with Crippen LogP contribution in [0.4, 0.5) is 5.69 Å². The minimum Gasteiger partial charge on any atom is -0.508 e. The monoisotopic (exact) mass is 532 g/mol. The molecule has 11 heteroatoms. The van der Waals surface area contributed by atoms with Gasteiger partial charge in [-0.3, -0.25) is 14.5 Å². The fourth-order valence-electron chi connectivity index (χ4n) is 4.45. The highest BCUT2D eigenvalue weighted by atomic mass is 32.1. The summed E-state index contributed by atoms with van der Waals surface area (Å²) in [5, 5.41) is 27.3. The number of aromatic nitrogens is 4. The fourth-order valence-corrected chi connectivity index (χ4v) is 5.10. The number of aromatic hydroxyl groups is 1. The van der Waals surface area contributed by atoms with Crippen molar-refractivity contribution in [1.82, 2.24) is 25.5 Å². The van der Waals surface area contributed by atoms with E-state index in [-0.39, 0.29) is 30.2 Å². The number of thiophene rings is 1. The number of carbonyl (C=O) groups is 2. The Balaban J connectivity index is 1.49. The summed E-state index contributed by atoms with van der Waals surface area (Å²) in [6.07, 6.45) is 1.76. The Morgan fingerprint density at radius 2 is 2.00 bits per heavy atom. The van der Waals surface area contributed by atoms with Gasteiger partial charge in [-0.15, -0.1) is 21.5 Å². The molecule has 196 valence electrons. The standard InChI is InChI=1S/C27H28N6O4S/c1-18-6-2-3-8-22(18)33(24(35)17-32-30-26(29-31-32)23-9-5-15-38-23)25(19-10-12-20(34)13-11-19)27(36)28-16-21-7-4-14-37-21/h2-3,5-6,8-13,15,21,25,34H,4,7,14,16-17H2,1H3,(H,28,36)/t21-,25+/m0/s1. The number of tetrazole rings is 1. The minimum atomic E-state index is -1.01. The maximum Gasteiger partial charge on any atom is 0.251 e. The van der Waals surface area contributed by atoms with Crippen LogP contribution in [-0.4, -0.2) is 56.4 Å². The quantitative estimate of drug-likeness (QED) is 0.338. The number of para-hydroxylation sites is 1. The molecule has 1 saturated heterocycles. The molecule has 38 heavy (non-hydrogen) atoms. The van der Waals surface area contributed by atoms with Gasteiger partial charge in [0.05, 0.1) is 11.0 Å². The van der Waals surface area contributed by atoms with Crippen molar-refractivity contribution in [3.63, 3.8) is 0 Å². The molecule has 4 aromatic rings. The SMILES string of the molecule is Cc1ccccc1N(C(=O)Cn1nnc(-c2cccs2)n1)[C@@H](C(=O)NC[C@@H]1CCCO1)c1ccc(O)cc1. The van der Waals surface area contributed by atoms with Gasteiger partial charge in [0.1, 0.15) is 18.3 Å². The zero-order chi connectivity index (χ0) is 26.5. The molecule has 5 rings (SSSR count). The Labute approximate surface area is 223 Å². The summed E-state index contributed by atoms with van der Waals surface area (Å²) in [7, 11) is 0. The molecule has 0 radical (unpaired) electrons. The maximum atomic E-state index is 14.0. The van der Waals surface area contributed by atoms with Crippen LogP contribution in [-0.2, 0) is 20.9 Å². The first-order chi connectivity index (χ1) is 18.5. The van der Waals surface area contributed by atoms with Crippen LogP contribution < -0.4 is 10.2 Å². The normalized spacial score (nSPS) is 15.8. The van der Waals surface area contributed by atoms with E-state index in [4.69, 9.17) is 4.74 Å². The smallest absolute Gasteiger partial charge is 0.251 e. The van der Waals surface area contributed by atoms with E-state index in [1.807, 2.05) is 42.6 Å². The number of benzene rings is 2. The number of ether oxygens (including phenoxy) is 1. The van der Waals surface area contributed by atoms with Gasteiger partial charge in [0.25, 0.3) is 5.91 Å². The van der Waals surface area contributed by atoms with E-state index in [0.717, 1.165) is 23.3 Å². The number of phenolic OH excluding ortho intramolecular Hbond substituents is 1. The van der Waals surface area contributed by atoms with Crippen molar-refractivity contribution >= 4 is 28.8 Å². The predicted octanol–water partition coefficient (Wildman–Crippen LogP) is 3.49. The molecule has 1 aliphatic rings. The second-order valence-corrected chi connectivity index (χ2v) is 9.99. The maximum absolute atomic E-state index is 14.0. The Bertz CT molecular complexity index is 1380. The van der Waals surface area contributed by atoms with Crippen LogP contribution in [0.5, 0.6) is 5.75 Å². The molecule has 1 aliphatic heterocycles. The van der Waals surface area contributed by atoms with Crippen molar-refractivity contribution in [3.8, 4) is 16.5 Å². The molecule has 1 fully saturated rings. The minimum absolute atomic E-state index is 0.0583. The molecule has 2 aromatic carbocycles. The summed E-state index contributed by atoms with van der Waals surface area (Å²) in [5.41, 5.74) is 1.96. The van der Waals surface area contributed by atoms with Gasteiger partial charge in [-0.05, 0) is 65.8 Å². The lowest BCUT2D eigenvalue weighted by atomic mass is 10.0. The third-order valence-electron chi connectivity index (χ3n) is 6.36. The summed E-state index contributed by atoms with van der Waals surface area (Å²) in [5.74, 6) is -0.248. The van der Waals surface area contributed by atoms with Crippen LogP contribution in [0.25, 0.3) is 10.7 Å². The zero-order valence-corrected chi connectivity index (χ0v) is 21.7. The van der Waals surface area contributed by atoms with Gasteiger partial charge in [-0.25, -0.2) is 0 Å². The molecule has 10 nitrogen and oxygen atoms in total. The lowest BCUT2D eigenvalue weighted by Crippen LogP contribution is -2.47. The van der Waals surface area contributed by atoms with E-state index < -0.39 is 6.04 Å². The fraction of sp³-hybridized carbons (Fsp3) is 0.296. The highest BCUT2D eigenvalue weighted by Crippen LogP contribution is 2.32. The van der Waals surface area contributed by atoms with Crippen molar-refractivity contribution in [2.45, 2.75) is 38.5 Å². The largest absolute Gasteiger partial charge is 0.508 e. The number of anilines is 1. The van der Waals surface area contributed by atoms with E-state index in [1.54, 1.807) is 18.2 Å². The number of carbonyl (C=O) groups excluding carboxylic acids is 2. The van der Waals surface area contributed by atoms with Crippen molar-refractivity contribution in [1.29, 1.82) is 0 Å². The lowest BCUT2D eigenvalue weighted by Gasteiger charge is -2.32. The molecule has 2 N–H and O–H groups in total. The molecule has 2 amide bonds. The molecular weight excluding hydrogens is 504 g/mol. The van der Waals surface area contributed by atoms with Crippen molar-refractivity contribution in [3.05, 3.63) is 77.2 Å². The Morgan fingerprint density at radius 1 is 1.18 bits per heavy atom. The molecule has 0 saturated carbocycles. The topological polar surface area (TPSA) is 122 Å². The number of aryl methyl sites for hydroxylation is 1. The summed E-state index contributed by atoms with van der Waals surface area (Å²) >= 11 is 1.48. The van der Waals surface area contributed by atoms with Gasteiger partial charge in [-0.1, -0.05) is 36.4 Å². The van der Waals surface area contributed by atoms with Crippen LogP contribution in [0.15, 0.2) is 66.0 Å². The first-order valence-corrected chi connectivity index (χ1v) is 13.2. The Hall–Kier alpha value is -4.09. The first-order valence-electron chi connectivity index (χ1n) is 12.4. The van der Waals surface area contributed by atoms with Crippen LogP contribution in [0.3, 0.4) is 0 Å². The average molecular weight is 533 g/mol. The second kappa shape index (κ2) is 11.5. The average Bonchev–Trinajstić information content (AvgIpc) is 3.70. The highest BCUT2D eigenvalue weighted by molar-refractivity contribution is 7.13. The van der Waals surface area contributed by atoms with E-state index >= 15 is 0 Å². The third-order valence-corrected chi connectivity index (χ3v) is 7.22. The predicted molar refractivity (Wildman–Crippen MR) is 143 cm³/mol. The van der Waals surface area contributed by atoms with Gasteiger partial charge < -0.3 is 15.2 Å². The molecule has 2 atom stereocenters. The molecule has 2 aromatic heterocycles. The number of nitrogens with one attached hydrogen (secondary N) is 1. The van der Waals surface area contributed by atoms with E-state index in [9.17, 15) is 14.7 Å². The molecule has 0 bridgehead atoms. The van der Waals surface area contributed by atoms with Gasteiger partial charge in [0.2, 0.25) is 11.7 Å². The zero-order valence-electron chi connectivity index (χ0n) is 20.9. The number of hydrogen-bond acceptors (Lipinski definition) is 8. The summed E-state index contributed by atoms with van der Waals surface area (Å²) < 4.78 is 5.67. The molecular formula is C27H28N6O4S. The van der Waals surface area contributed by atoms with Crippen molar-refractivity contribution in [2.24, 2.45) is 0 Å². The summed E-state index contributed by atoms with van der Waals surface area (Å²) in [4.78, 5) is 31.3. The number of nitrogens with zero attached hydrogens (tertiary/aromatic N) is 5. The molecule has 0 aliphatic carbocycles. The molecule has 0 unspecified atom stereocenters. The third kappa shape index (κ3) is 5.74. The molecule has 3 heterocycles. The van der Waals surface area contributed by atoms with Crippen LogP contribution in [0.2, 0.25) is 0 Å². The van der Waals surface area contributed by atoms with Gasteiger partial charge in [-0.2, -0.15) is 4.80 Å². The lowest BCUT2D eigenvalue weighted by molar-refractivity contribution is -0.127. The molecule has 0 spiro atoms. The van der Waals surface area contributed by atoms with Crippen LogP contribution >= 0.6 is 11.3 Å².